The second-order valence-electron chi connectivity index (χ2n) is 4.56. The average Bonchev–Trinajstić information content (AvgIpc) is 2.53. The zero-order chi connectivity index (χ0) is 17.7. The molecule has 8 heteroatoms. The number of nitrogens with two attached hydrogens (primary N) is 1. The van der Waals surface area contributed by atoms with Crippen LogP contribution in [0.1, 0.15) is 10.4 Å². The zero-order valence-corrected chi connectivity index (χ0v) is 13.9. The van der Waals surface area contributed by atoms with Gasteiger partial charge in [0.25, 0.3) is 0 Å². The minimum atomic E-state index is -4.21. The number of carboxylic acids is 1. The number of benzene rings is 2. The molecule has 0 atom stereocenters. The van der Waals surface area contributed by atoms with Crippen LogP contribution in [0.15, 0.2) is 52.3 Å². The molecule has 0 heterocycles. The van der Waals surface area contributed by atoms with Crippen molar-refractivity contribution in [3.8, 4) is 23.8 Å². The Kier molecular flexibility index (Phi) is 5.51. The SMILES string of the molecule is C#CCSc1cc(C(=O)O)cc(S(N)(=O)=O)c1Oc1ccccc1. The van der Waals surface area contributed by atoms with Gasteiger partial charge in [0.15, 0.2) is 5.75 Å². The largest absolute Gasteiger partial charge is 0.478 e. The third kappa shape index (κ3) is 4.29. The molecule has 0 saturated heterocycles. The quantitative estimate of drug-likeness (QED) is 0.603. The standard InChI is InChI=1S/C16H13NO5S2/c1-2-8-23-13-9-11(16(18)19)10-14(24(17,20)21)15(13)22-12-6-4-3-5-7-12/h1,3-7,9-10H,8H2,(H,18,19)(H2,17,20,21). The van der Waals surface area contributed by atoms with Crippen molar-refractivity contribution in [3.63, 3.8) is 0 Å². The van der Waals surface area contributed by atoms with Crippen LogP contribution in [-0.4, -0.2) is 25.2 Å². The number of thioether (sulfide) groups is 1. The normalized spacial score (nSPS) is 10.8. The molecule has 0 aromatic heterocycles. The highest BCUT2D eigenvalue weighted by molar-refractivity contribution is 7.99. The van der Waals surface area contributed by atoms with Crippen LogP contribution in [0.3, 0.4) is 0 Å². The van der Waals surface area contributed by atoms with Crippen LogP contribution in [0.4, 0.5) is 0 Å². The van der Waals surface area contributed by atoms with E-state index in [0.29, 0.717) is 5.75 Å². The maximum absolute atomic E-state index is 11.9. The third-order valence-electron chi connectivity index (χ3n) is 2.85. The van der Waals surface area contributed by atoms with Gasteiger partial charge in [-0.15, -0.1) is 18.2 Å². The highest BCUT2D eigenvalue weighted by Crippen LogP contribution is 2.39. The number of aromatic carboxylic acids is 1. The minimum Gasteiger partial charge on any atom is -0.478 e. The summed E-state index contributed by atoms with van der Waals surface area (Å²) in [7, 11) is -4.21. The van der Waals surface area contributed by atoms with E-state index in [9.17, 15) is 18.3 Å². The predicted octanol–water partition coefficient (Wildman–Crippen LogP) is 2.55. The summed E-state index contributed by atoms with van der Waals surface area (Å²) >= 11 is 1.08. The van der Waals surface area contributed by atoms with Gasteiger partial charge in [-0.25, -0.2) is 18.4 Å². The Morgan fingerprint density at radius 3 is 2.50 bits per heavy atom. The van der Waals surface area contributed by atoms with E-state index < -0.39 is 20.9 Å². The summed E-state index contributed by atoms with van der Waals surface area (Å²) in [6.07, 6.45) is 5.23. The molecule has 0 unspecified atom stereocenters. The fourth-order valence-electron chi connectivity index (χ4n) is 1.85. The van der Waals surface area contributed by atoms with E-state index >= 15 is 0 Å². The van der Waals surface area contributed by atoms with E-state index in [4.69, 9.17) is 16.3 Å². The van der Waals surface area contributed by atoms with Crippen molar-refractivity contribution in [2.75, 3.05) is 5.75 Å². The van der Waals surface area contributed by atoms with Gasteiger partial charge >= 0.3 is 5.97 Å². The topological polar surface area (TPSA) is 107 Å². The summed E-state index contributed by atoms with van der Waals surface area (Å²) in [5, 5.41) is 14.4. The van der Waals surface area contributed by atoms with Crippen LogP contribution in [0.2, 0.25) is 0 Å². The van der Waals surface area contributed by atoms with Crippen molar-refractivity contribution in [2.24, 2.45) is 5.14 Å². The number of para-hydroxylation sites is 1. The van der Waals surface area contributed by atoms with E-state index in [0.717, 1.165) is 17.8 Å². The van der Waals surface area contributed by atoms with Crippen molar-refractivity contribution >= 4 is 27.8 Å². The fraction of sp³-hybridized carbons (Fsp3) is 0.0625. The number of carbonyl (C=O) groups is 1. The Labute approximate surface area is 143 Å². The number of hydrogen-bond acceptors (Lipinski definition) is 5. The van der Waals surface area contributed by atoms with Gasteiger partial charge in [0, 0.05) is 0 Å². The lowest BCUT2D eigenvalue weighted by molar-refractivity contribution is 0.0696. The van der Waals surface area contributed by atoms with Gasteiger partial charge in [-0.05, 0) is 24.3 Å². The molecule has 0 amide bonds. The molecule has 124 valence electrons. The number of ether oxygens (including phenoxy) is 1. The summed E-state index contributed by atoms with van der Waals surface area (Å²) in [5.41, 5.74) is -0.223. The molecule has 3 N–H and O–H groups in total. The summed E-state index contributed by atoms with van der Waals surface area (Å²) in [6.45, 7) is 0. The molecule has 24 heavy (non-hydrogen) atoms. The zero-order valence-electron chi connectivity index (χ0n) is 12.3. The van der Waals surface area contributed by atoms with Crippen LogP contribution in [0.25, 0.3) is 0 Å². The molecule has 0 bridgehead atoms. The van der Waals surface area contributed by atoms with Gasteiger partial charge in [0.2, 0.25) is 10.0 Å². The second-order valence-corrected chi connectivity index (χ2v) is 7.11. The van der Waals surface area contributed by atoms with E-state index in [1.165, 1.54) is 6.07 Å². The molecule has 6 nitrogen and oxygen atoms in total. The molecule has 0 aliphatic rings. The lowest BCUT2D eigenvalue weighted by atomic mass is 10.2. The number of primary sulfonamides is 1. The molecule has 2 aromatic rings. The van der Waals surface area contributed by atoms with E-state index in [-0.39, 0.29) is 22.0 Å². The summed E-state index contributed by atoms with van der Waals surface area (Å²) in [4.78, 5) is 11.1. The maximum atomic E-state index is 11.9. The molecule has 0 saturated carbocycles. The highest BCUT2D eigenvalue weighted by atomic mass is 32.2. The Morgan fingerprint density at radius 2 is 1.96 bits per heavy atom. The smallest absolute Gasteiger partial charge is 0.335 e. The number of rotatable bonds is 6. The summed E-state index contributed by atoms with van der Waals surface area (Å²) < 4.78 is 29.5. The minimum absolute atomic E-state index is 0.0473. The summed E-state index contributed by atoms with van der Waals surface area (Å²) in [5.74, 6) is 1.65. The van der Waals surface area contributed by atoms with Crippen LogP contribution in [0, 0.1) is 12.3 Å². The number of hydrogen-bond donors (Lipinski definition) is 2. The number of carboxylic acid groups (broad SMARTS) is 1. The van der Waals surface area contributed by atoms with Crippen LogP contribution < -0.4 is 9.88 Å². The van der Waals surface area contributed by atoms with Gasteiger partial charge in [-0.2, -0.15) is 0 Å². The van der Waals surface area contributed by atoms with E-state index in [2.05, 4.69) is 5.92 Å². The first-order valence-corrected chi connectivity index (χ1v) is 9.09. The van der Waals surface area contributed by atoms with Gasteiger partial charge in [0.1, 0.15) is 10.6 Å². The lowest BCUT2D eigenvalue weighted by Gasteiger charge is -2.15. The Morgan fingerprint density at radius 1 is 1.29 bits per heavy atom. The van der Waals surface area contributed by atoms with Gasteiger partial charge in [0.05, 0.1) is 16.2 Å². The Balaban J connectivity index is 2.67. The van der Waals surface area contributed by atoms with Gasteiger partial charge < -0.3 is 9.84 Å². The third-order valence-corrected chi connectivity index (χ3v) is 4.69. The molecular formula is C16H13NO5S2. The monoisotopic (exact) mass is 363 g/mol. The van der Waals surface area contributed by atoms with Crippen molar-refractivity contribution in [1.29, 1.82) is 0 Å². The molecule has 0 spiro atoms. The molecule has 2 rings (SSSR count). The van der Waals surface area contributed by atoms with E-state index in [1.54, 1.807) is 30.3 Å². The molecule has 2 aromatic carbocycles. The van der Waals surface area contributed by atoms with Crippen molar-refractivity contribution in [1.82, 2.24) is 0 Å². The van der Waals surface area contributed by atoms with Gasteiger partial charge in [-0.3, -0.25) is 0 Å². The van der Waals surface area contributed by atoms with Crippen LogP contribution >= 0.6 is 11.8 Å². The number of sulfonamides is 1. The average molecular weight is 363 g/mol. The number of terminal acetylenes is 1. The first kappa shape index (κ1) is 17.9. The first-order chi connectivity index (χ1) is 11.3. The Bertz CT molecular complexity index is 902. The summed E-state index contributed by atoms with van der Waals surface area (Å²) in [6, 6.07) is 10.7. The molecular weight excluding hydrogens is 350 g/mol. The molecule has 0 aliphatic heterocycles. The van der Waals surface area contributed by atoms with Gasteiger partial charge in [-0.1, -0.05) is 24.1 Å². The van der Waals surface area contributed by atoms with Crippen molar-refractivity contribution < 1.29 is 23.1 Å². The maximum Gasteiger partial charge on any atom is 0.335 e. The van der Waals surface area contributed by atoms with Crippen molar-refractivity contribution in [2.45, 2.75) is 9.79 Å². The Hall–Kier alpha value is -2.47. The van der Waals surface area contributed by atoms with Crippen molar-refractivity contribution in [3.05, 3.63) is 48.0 Å². The molecule has 0 fully saturated rings. The fourth-order valence-corrected chi connectivity index (χ4v) is 3.34. The second kappa shape index (κ2) is 7.40. The molecule has 0 radical (unpaired) electrons. The predicted molar refractivity (Wildman–Crippen MR) is 90.8 cm³/mol. The lowest BCUT2D eigenvalue weighted by Crippen LogP contribution is -2.15. The van der Waals surface area contributed by atoms with E-state index in [1.807, 2.05) is 0 Å². The molecule has 0 aliphatic carbocycles. The first-order valence-electron chi connectivity index (χ1n) is 6.56. The van der Waals surface area contributed by atoms with Crippen LogP contribution in [0.5, 0.6) is 11.5 Å². The highest BCUT2D eigenvalue weighted by Gasteiger charge is 2.23. The van der Waals surface area contributed by atoms with Crippen LogP contribution in [-0.2, 0) is 10.0 Å².